The van der Waals surface area contributed by atoms with Crippen LogP contribution in [-0.4, -0.2) is 49.4 Å². The van der Waals surface area contributed by atoms with Crippen LogP contribution in [0.4, 0.5) is 29.3 Å². The molecule has 160 valence electrons. The van der Waals surface area contributed by atoms with E-state index in [1.807, 2.05) is 6.92 Å². The van der Waals surface area contributed by atoms with E-state index in [1.54, 1.807) is 29.2 Å². The number of alkyl halides is 3. The van der Waals surface area contributed by atoms with Gasteiger partial charge in [-0.2, -0.15) is 0 Å². The fraction of sp³-hybridized carbons (Fsp3) is 0.300. The van der Waals surface area contributed by atoms with Gasteiger partial charge in [0.05, 0.1) is 6.61 Å². The maximum absolute atomic E-state index is 12.6. The molecule has 30 heavy (non-hydrogen) atoms. The van der Waals surface area contributed by atoms with E-state index in [0.29, 0.717) is 36.8 Å². The molecule has 0 aliphatic carbocycles. The van der Waals surface area contributed by atoms with Crippen LogP contribution in [0.5, 0.6) is 11.5 Å². The number of amides is 3. The highest BCUT2D eigenvalue weighted by atomic mass is 19.4. The van der Waals surface area contributed by atoms with Crippen molar-refractivity contribution in [2.45, 2.75) is 13.3 Å². The molecule has 1 aliphatic heterocycles. The van der Waals surface area contributed by atoms with Crippen molar-refractivity contribution in [3.63, 3.8) is 0 Å². The van der Waals surface area contributed by atoms with Crippen LogP contribution >= 0.6 is 0 Å². The minimum Gasteiger partial charge on any atom is -0.494 e. The molecule has 1 saturated heterocycles. The Balaban J connectivity index is 1.54. The number of nitrogens with zero attached hydrogens (tertiary/aromatic N) is 2. The monoisotopic (exact) mass is 423 g/mol. The zero-order valence-electron chi connectivity index (χ0n) is 16.1. The van der Waals surface area contributed by atoms with E-state index in [9.17, 15) is 22.8 Å². The molecular weight excluding hydrogens is 403 g/mol. The highest BCUT2D eigenvalue weighted by molar-refractivity contribution is 5.99. The molecule has 10 heteroatoms. The lowest BCUT2D eigenvalue weighted by molar-refractivity contribution is -0.274. The summed E-state index contributed by atoms with van der Waals surface area (Å²) in [5.41, 5.74) is 0.996. The highest BCUT2D eigenvalue weighted by Crippen LogP contribution is 2.25. The molecule has 2 aromatic rings. The fourth-order valence-electron chi connectivity index (χ4n) is 2.97. The second kappa shape index (κ2) is 8.93. The van der Waals surface area contributed by atoms with E-state index < -0.39 is 12.3 Å². The zero-order valence-corrected chi connectivity index (χ0v) is 16.1. The van der Waals surface area contributed by atoms with Crippen LogP contribution in [0.15, 0.2) is 48.5 Å². The van der Waals surface area contributed by atoms with Crippen LogP contribution in [0.25, 0.3) is 0 Å². The minimum absolute atomic E-state index is 0.173. The highest BCUT2D eigenvalue weighted by Gasteiger charge is 2.32. The van der Waals surface area contributed by atoms with Crippen LogP contribution in [0, 0.1) is 0 Å². The molecule has 7 nitrogen and oxygen atoms in total. The molecule has 1 fully saturated rings. The number of carbonyl (C=O) groups is 2. The summed E-state index contributed by atoms with van der Waals surface area (Å²) in [6.07, 6.45) is -4.78. The van der Waals surface area contributed by atoms with Crippen molar-refractivity contribution in [1.29, 1.82) is 0 Å². The van der Waals surface area contributed by atoms with E-state index in [4.69, 9.17) is 4.74 Å². The lowest BCUT2D eigenvalue weighted by atomic mass is 10.3. The van der Waals surface area contributed by atoms with Crippen molar-refractivity contribution in [1.82, 2.24) is 4.90 Å². The Morgan fingerprint density at radius 2 is 1.67 bits per heavy atom. The summed E-state index contributed by atoms with van der Waals surface area (Å²) >= 11 is 0. The van der Waals surface area contributed by atoms with Gasteiger partial charge in [0.1, 0.15) is 18.0 Å². The van der Waals surface area contributed by atoms with Gasteiger partial charge in [-0.15, -0.1) is 13.2 Å². The predicted octanol–water partition coefficient (Wildman–Crippen LogP) is 3.86. The van der Waals surface area contributed by atoms with Gasteiger partial charge in [-0.05, 0) is 55.5 Å². The van der Waals surface area contributed by atoms with E-state index in [2.05, 4.69) is 10.1 Å². The van der Waals surface area contributed by atoms with Gasteiger partial charge >= 0.3 is 12.4 Å². The Kier molecular flexibility index (Phi) is 6.34. The molecule has 1 heterocycles. The van der Waals surface area contributed by atoms with E-state index in [0.717, 1.165) is 12.1 Å². The van der Waals surface area contributed by atoms with Gasteiger partial charge < -0.3 is 19.7 Å². The largest absolute Gasteiger partial charge is 0.573 e. The van der Waals surface area contributed by atoms with Crippen LogP contribution in [-0.2, 0) is 4.79 Å². The van der Waals surface area contributed by atoms with Crippen LogP contribution < -0.4 is 19.7 Å². The Hall–Kier alpha value is -3.43. The third kappa shape index (κ3) is 5.56. The molecule has 3 amide bonds. The van der Waals surface area contributed by atoms with Gasteiger partial charge in [-0.25, -0.2) is 4.79 Å². The van der Waals surface area contributed by atoms with Gasteiger partial charge in [0.25, 0.3) is 0 Å². The van der Waals surface area contributed by atoms with Crippen molar-refractivity contribution in [2.24, 2.45) is 0 Å². The Labute approximate surface area is 171 Å². The van der Waals surface area contributed by atoms with Crippen molar-refractivity contribution < 1.29 is 32.2 Å². The van der Waals surface area contributed by atoms with E-state index >= 15 is 0 Å². The van der Waals surface area contributed by atoms with Crippen LogP contribution in [0.3, 0.4) is 0 Å². The number of hydrogen-bond acceptors (Lipinski definition) is 4. The van der Waals surface area contributed by atoms with Gasteiger partial charge in [0.15, 0.2) is 0 Å². The average Bonchev–Trinajstić information content (AvgIpc) is 3.03. The predicted molar refractivity (Wildman–Crippen MR) is 104 cm³/mol. The smallest absolute Gasteiger partial charge is 0.494 e. The molecule has 1 aliphatic rings. The number of halogens is 3. The SMILES string of the molecule is CCOc1ccc(N2CCN(CC(=O)Nc3ccc(OC(F)(F)F)cc3)C2=O)cc1. The average molecular weight is 423 g/mol. The summed E-state index contributed by atoms with van der Waals surface area (Å²) in [5.74, 6) is -0.140. The number of anilines is 2. The molecule has 0 spiro atoms. The van der Waals surface area contributed by atoms with E-state index in [1.165, 1.54) is 17.0 Å². The Bertz CT molecular complexity index is 886. The van der Waals surface area contributed by atoms with Crippen LogP contribution in [0.2, 0.25) is 0 Å². The number of ether oxygens (including phenoxy) is 2. The molecular formula is C20H20F3N3O4. The Morgan fingerprint density at radius 1 is 1.03 bits per heavy atom. The first-order valence-electron chi connectivity index (χ1n) is 9.20. The molecule has 0 atom stereocenters. The first-order chi connectivity index (χ1) is 14.2. The van der Waals surface area contributed by atoms with Crippen LogP contribution in [0.1, 0.15) is 6.92 Å². The third-order valence-corrected chi connectivity index (χ3v) is 4.26. The topological polar surface area (TPSA) is 71.1 Å². The second-order valence-electron chi connectivity index (χ2n) is 6.40. The zero-order chi connectivity index (χ0) is 21.7. The standard InChI is InChI=1S/C20H20F3N3O4/c1-2-29-16-9-5-15(6-10-16)26-12-11-25(19(26)28)13-18(27)24-14-3-7-17(8-4-14)30-20(21,22)23/h3-10H,2,11-13H2,1H3,(H,24,27). The number of carbonyl (C=O) groups excluding carboxylic acids is 2. The number of urea groups is 1. The van der Waals surface area contributed by atoms with Gasteiger partial charge in [-0.1, -0.05) is 0 Å². The first-order valence-corrected chi connectivity index (χ1v) is 9.20. The Morgan fingerprint density at radius 3 is 2.27 bits per heavy atom. The first kappa shape index (κ1) is 21.3. The molecule has 0 saturated carbocycles. The molecule has 0 unspecified atom stereocenters. The molecule has 0 aromatic heterocycles. The third-order valence-electron chi connectivity index (χ3n) is 4.26. The second-order valence-corrected chi connectivity index (χ2v) is 6.40. The van der Waals surface area contributed by atoms with Crippen molar-refractivity contribution in [2.75, 3.05) is 36.5 Å². The minimum atomic E-state index is -4.78. The lowest BCUT2D eigenvalue weighted by Gasteiger charge is -2.19. The van der Waals surface area contributed by atoms with Gasteiger partial charge in [0.2, 0.25) is 5.91 Å². The molecule has 0 radical (unpaired) electrons. The van der Waals surface area contributed by atoms with Crippen molar-refractivity contribution in [3.8, 4) is 11.5 Å². The maximum atomic E-state index is 12.6. The maximum Gasteiger partial charge on any atom is 0.573 e. The van der Waals surface area contributed by atoms with E-state index in [-0.39, 0.29) is 18.3 Å². The lowest BCUT2D eigenvalue weighted by Crippen LogP contribution is -2.37. The summed E-state index contributed by atoms with van der Waals surface area (Å²) in [7, 11) is 0. The normalized spacial score (nSPS) is 14.1. The molecule has 3 rings (SSSR count). The quantitative estimate of drug-likeness (QED) is 0.734. The van der Waals surface area contributed by atoms with Crippen molar-refractivity contribution >= 4 is 23.3 Å². The number of rotatable bonds is 7. The fourth-order valence-corrected chi connectivity index (χ4v) is 2.97. The molecule has 1 N–H and O–H groups in total. The van der Waals surface area contributed by atoms with Gasteiger partial charge in [0, 0.05) is 24.5 Å². The number of benzene rings is 2. The van der Waals surface area contributed by atoms with Gasteiger partial charge in [-0.3, -0.25) is 9.69 Å². The summed E-state index contributed by atoms with van der Waals surface area (Å²) < 4.78 is 45.7. The summed E-state index contributed by atoms with van der Waals surface area (Å²) in [6, 6.07) is 11.6. The molecule has 0 bridgehead atoms. The summed E-state index contributed by atoms with van der Waals surface area (Å²) in [4.78, 5) is 27.8. The number of hydrogen-bond donors (Lipinski definition) is 1. The summed E-state index contributed by atoms with van der Waals surface area (Å²) in [6.45, 7) is 3.06. The summed E-state index contributed by atoms with van der Waals surface area (Å²) in [5, 5.41) is 2.55. The van der Waals surface area contributed by atoms with Crippen molar-refractivity contribution in [3.05, 3.63) is 48.5 Å². The number of nitrogens with one attached hydrogen (secondary N) is 1. The molecule has 2 aromatic carbocycles.